The largest absolute Gasteiger partial charge is 0.365 e. The normalized spacial score (nSPS) is 14.6. The summed E-state index contributed by atoms with van der Waals surface area (Å²) < 4.78 is 0.934. The monoisotopic (exact) mass is 445 g/mol. The van der Waals surface area contributed by atoms with Gasteiger partial charge in [0, 0.05) is 42.2 Å². The first kappa shape index (κ1) is 18.0. The minimum atomic E-state index is -0.461. The van der Waals surface area contributed by atoms with Crippen molar-refractivity contribution < 1.29 is 4.79 Å². The van der Waals surface area contributed by atoms with Crippen molar-refractivity contribution in [1.29, 1.82) is 0 Å². The number of aromatic nitrogens is 2. The van der Waals surface area contributed by atoms with Gasteiger partial charge >= 0.3 is 0 Å². The summed E-state index contributed by atoms with van der Waals surface area (Å²) in [4.78, 5) is 25.0. The van der Waals surface area contributed by atoms with E-state index in [1.165, 1.54) is 0 Å². The van der Waals surface area contributed by atoms with Crippen molar-refractivity contribution in [2.45, 2.75) is 0 Å². The Morgan fingerprint density at radius 2 is 1.85 bits per heavy atom. The highest BCUT2D eigenvalue weighted by molar-refractivity contribution is 9.10. The van der Waals surface area contributed by atoms with Crippen molar-refractivity contribution in [1.82, 2.24) is 9.97 Å². The van der Waals surface area contributed by atoms with Crippen LogP contribution in [0.5, 0.6) is 0 Å². The van der Waals surface area contributed by atoms with E-state index in [4.69, 9.17) is 22.3 Å². The van der Waals surface area contributed by atoms with E-state index in [-0.39, 0.29) is 0 Å². The van der Waals surface area contributed by atoms with Crippen LogP contribution in [0.3, 0.4) is 0 Å². The number of primary amides is 1. The van der Waals surface area contributed by atoms with Gasteiger partial charge in [0.25, 0.3) is 5.91 Å². The maximum absolute atomic E-state index is 11.6. The molecule has 0 saturated carbocycles. The topological polar surface area (TPSA) is 75.4 Å². The van der Waals surface area contributed by atoms with Crippen molar-refractivity contribution in [3.05, 3.63) is 57.7 Å². The van der Waals surface area contributed by atoms with Gasteiger partial charge in [-0.3, -0.25) is 4.79 Å². The molecule has 1 aromatic carbocycles. The molecule has 1 aliphatic heterocycles. The van der Waals surface area contributed by atoms with Gasteiger partial charge in [-0.25, -0.2) is 9.97 Å². The zero-order chi connectivity index (χ0) is 19.0. The first-order valence-electron chi connectivity index (χ1n) is 8.53. The molecule has 6 nitrogen and oxygen atoms in total. The van der Waals surface area contributed by atoms with E-state index in [1.807, 2.05) is 24.3 Å². The van der Waals surface area contributed by atoms with Crippen LogP contribution in [0.4, 0.5) is 11.6 Å². The molecule has 0 unspecified atom stereocenters. The number of pyridine rings is 2. The van der Waals surface area contributed by atoms with E-state index in [1.54, 1.807) is 18.3 Å². The molecular weight excluding hydrogens is 430 g/mol. The fourth-order valence-electron chi connectivity index (χ4n) is 3.31. The number of nitrogens with zero attached hydrogens (tertiary/aromatic N) is 4. The Hall–Kier alpha value is -2.38. The van der Waals surface area contributed by atoms with E-state index >= 15 is 0 Å². The molecule has 8 heteroatoms. The lowest BCUT2D eigenvalue weighted by Crippen LogP contribution is -2.47. The van der Waals surface area contributed by atoms with Gasteiger partial charge in [-0.05, 0) is 36.4 Å². The highest BCUT2D eigenvalue weighted by Crippen LogP contribution is 2.29. The minimum Gasteiger partial charge on any atom is -0.365 e. The Balaban J connectivity index is 1.55. The molecule has 1 saturated heterocycles. The van der Waals surface area contributed by atoms with Crippen molar-refractivity contribution in [2.75, 3.05) is 36.0 Å². The second-order valence-corrected chi connectivity index (χ2v) is 7.66. The average molecular weight is 447 g/mol. The third-order valence-corrected chi connectivity index (χ3v) is 5.40. The Morgan fingerprint density at radius 1 is 1.11 bits per heavy atom. The number of benzene rings is 1. The maximum Gasteiger partial charge on any atom is 0.252 e. The molecule has 1 amide bonds. The number of carbonyl (C=O) groups is 1. The van der Waals surface area contributed by atoms with E-state index < -0.39 is 5.91 Å². The highest BCUT2D eigenvalue weighted by Gasteiger charge is 2.22. The average Bonchev–Trinajstić information content (AvgIpc) is 2.68. The molecule has 3 aromatic rings. The van der Waals surface area contributed by atoms with Gasteiger partial charge in [-0.1, -0.05) is 27.5 Å². The molecule has 27 heavy (non-hydrogen) atoms. The molecule has 0 bridgehead atoms. The van der Waals surface area contributed by atoms with Crippen LogP contribution in [0.2, 0.25) is 5.02 Å². The standard InChI is InChI=1S/C19H17BrClN5O/c20-13-10-12-3-4-16(24-17(12)15(21)11-13)25-6-8-26(9-7-25)19-14(18(22)27)2-1-5-23-19/h1-5,10-11H,6-9H2,(H2,22,27). The molecule has 1 fully saturated rings. The molecule has 0 radical (unpaired) electrons. The maximum atomic E-state index is 11.6. The van der Waals surface area contributed by atoms with Crippen LogP contribution in [-0.2, 0) is 0 Å². The number of amides is 1. The third-order valence-electron chi connectivity index (χ3n) is 4.65. The van der Waals surface area contributed by atoms with Crippen molar-refractivity contribution in [2.24, 2.45) is 5.73 Å². The van der Waals surface area contributed by atoms with Crippen LogP contribution in [0.25, 0.3) is 10.9 Å². The van der Waals surface area contributed by atoms with Crippen molar-refractivity contribution in [3.8, 4) is 0 Å². The number of hydrogen-bond donors (Lipinski definition) is 1. The van der Waals surface area contributed by atoms with Gasteiger partial charge in [0.05, 0.1) is 16.1 Å². The summed E-state index contributed by atoms with van der Waals surface area (Å²) in [5, 5.41) is 1.62. The number of rotatable bonds is 3. The number of piperazine rings is 1. The van der Waals surface area contributed by atoms with E-state index in [9.17, 15) is 4.79 Å². The zero-order valence-electron chi connectivity index (χ0n) is 14.4. The molecule has 0 spiro atoms. The van der Waals surface area contributed by atoms with Crippen molar-refractivity contribution >= 4 is 56.0 Å². The Morgan fingerprint density at radius 3 is 2.59 bits per heavy atom. The lowest BCUT2D eigenvalue weighted by Gasteiger charge is -2.36. The number of fused-ring (bicyclic) bond motifs is 1. The number of anilines is 2. The van der Waals surface area contributed by atoms with Gasteiger partial charge in [-0.15, -0.1) is 0 Å². The predicted molar refractivity (Wildman–Crippen MR) is 112 cm³/mol. The SMILES string of the molecule is NC(=O)c1cccnc1N1CCN(c2ccc3cc(Br)cc(Cl)c3n2)CC1. The van der Waals surface area contributed by atoms with Gasteiger partial charge < -0.3 is 15.5 Å². The predicted octanol–water partition coefficient (Wildman–Crippen LogP) is 3.47. The summed E-state index contributed by atoms with van der Waals surface area (Å²) in [5.41, 5.74) is 6.72. The number of carbonyl (C=O) groups excluding carboxylic acids is 1. The van der Waals surface area contributed by atoms with E-state index in [0.717, 1.165) is 47.4 Å². The van der Waals surface area contributed by atoms with Crippen LogP contribution in [0.1, 0.15) is 10.4 Å². The van der Waals surface area contributed by atoms with Gasteiger partial charge in [0.2, 0.25) is 0 Å². The van der Waals surface area contributed by atoms with Gasteiger partial charge in [-0.2, -0.15) is 0 Å². The summed E-state index contributed by atoms with van der Waals surface area (Å²) in [6.07, 6.45) is 1.68. The Kier molecular flexibility index (Phi) is 4.88. The summed E-state index contributed by atoms with van der Waals surface area (Å²) in [7, 11) is 0. The lowest BCUT2D eigenvalue weighted by molar-refractivity contribution is 0.100. The number of halogens is 2. The van der Waals surface area contributed by atoms with Crippen molar-refractivity contribution in [3.63, 3.8) is 0 Å². The molecule has 4 rings (SSSR count). The smallest absolute Gasteiger partial charge is 0.252 e. The summed E-state index contributed by atoms with van der Waals surface area (Å²) >= 11 is 9.81. The second kappa shape index (κ2) is 7.32. The molecule has 138 valence electrons. The molecule has 1 aliphatic rings. The number of nitrogens with two attached hydrogens (primary N) is 1. The van der Waals surface area contributed by atoms with Crippen LogP contribution in [0, 0.1) is 0 Å². The highest BCUT2D eigenvalue weighted by atomic mass is 79.9. The Bertz CT molecular complexity index is 1020. The Labute approximate surface area is 170 Å². The van der Waals surface area contributed by atoms with Crippen LogP contribution >= 0.6 is 27.5 Å². The molecule has 0 atom stereocenters. The van der Waals surface area contributed by atoms with Gasteiger partial charge in [0.1, 0.15) is 11.6 Å². The summed E-state index contributed by atoms with van der Waals surface area (Å²) in [6.45, 7) is 2.99. The minimum absolute atomic E-state index is 0.451. The first-order valence-corrected chi connectivity index (χ1v) is 9.70. The van der Waals surface area contributed by atoms with E-state index in [0.29, 0.717) is 16.4 Å². The molecule has 2 N–H and O–H groups in total. The van der Waals surface area contributed by atoms with Gasteiger partial charge in [0.15, 0.2) is 0 Å². The fraction of sp³-hybridized carbons (Fsp3) is 0.211. The van der Waals surface area contributed by atoms with Crippen LogP contribution in [0.15, 0.2) is 47.1 Å². The van der Waals surface area contributed by atoms with Crippen LogP contribution in [-0.4, -0.2) is 42.1 Å². The fourth-order valence-corrected chi connectivity index (χ4v) is 4.19. The quantitative estimate of drug-likeness (QED) is 0.667. The number of hydrogen-bond acceptors (Lipinski definition) is 5. The molecule has 3 heterocycles. The molecule has 0 aliphatic carbocycles. The summed E-state index contributed by atoms with van der Waals surface area (Å²) in [5.74, 6) is 1.07. The zero-order valence-corrected chi connectivity index (χ0v) is 16.7. The molecular formula is C19H17BrClN5O. The second-order valence-electron chi connectivity index (χ2n) is 6.34. The first-order chi connectivity index (χ1) is 13.0. The van der Waals surface area contributed by atoms with Crippen LogP contribution < -0.4 is 15.5 Å². The lowest BCUT2D eigenvalue weighted by atomic mass is 10.2. The molecule has 2 aromatic heterocycles. The third kappa shape index (κ3) is 3.57. The van der Waals surface area contributed by atoms with E-state index in [2.05, 4.69) is 30.7 Å². The summed E-state index contributed by atoms with van der Waals surface area (Å²) in [6, 6.07) is 11.3.